The lowest BCUT2D eigenvalue weighted by Gasteiger charge is -2.15. The fourth-order valence-corrected chi connectivity index (χ4v) is 2.74. The van der Waals surface area contributed by atoms with Crippen LogP contribution in [-0.2, 0) is 4.79 Å². The first-order valence-electron chi connectivity index (χ1n) is 6.75. The van der Waals surface area contributed by atoms with Crippen LogP contribution in [0.25, 0.3) is 5.69 Å². The summed E-state index contributed by atoms with van der Waals surface area (Å²) in [6, 6.07) is 9.67. The van der Waals surface area contributed by atoms with Crippen LogP contribution in [-0.4, -0.2) is 20.0 Å². The molecule has 6 heteroatoms. The normalized spacial score (nSPS) is 20.8. The minimum absolute atomic E-state index is 0.0890. The van der Waals surface area contributed by atoms with E-state index in [1.165, 1.54) is 0 Å². The summed E-state index contributed by atoms with van der Waals surface area (Å²) < 4.78 is 0.903. The first kappa shape index (κ1) is 14.4. The van der Waals surface area contributed by atoms with Gasteiger partial charge in [-0.05, 0) is 37.1 Å². The average Bonchev–Trinajstić information content (AvgIpc) is 2.90. The summed E-state index contributed by atoms with van der Waals surface area (Å²) in [6.45, 7) is 1.94. The van der Waals surface area contributed by atoms with E-state index in [0.29, 0.717) is 6.42 Å². The Morgan fingerprint density at radius 1 is 1.43 bits per heavy atom. The molecule has 0 saturated heterocycles. The monoisotopic (exact) mass is 323 g/mol. The Hall–Kier alpha value is -1.52. The van der Waals surface area contributed by atoms with Crippen molar-refractivity contribution in [2.45, 2.75) is 23.7 Å². The molecule has 0 unspecified atom stereocenters. The quantitative estimate of drug-likeness (QED) is 0.878. The summed E-state index contributed by atoms with van der Waals surface area (Å²) >= 11 is 11.8. The number of hydrogen-bond donors (Lipinski definition) is 1. The van der Waals surface area contributed by atoms with Crippen molar-refractivity contribution in [3.8, 4) is 5.69 Å². The lowest BCUT2D eigenvalue weighted by Crippen LogP contribution is -2.29. The van der Waals surface area contributed by atoms with Gasteiger partial charge in [0, 0.05) is 12.4 Å². The molecular formula is C15H15Cl2N3O. The van der Waals surface area contributed by atoms with E-state index in [1.54, 1.807) is 10.9 Å². The van der Waals surface area contributed by atoms with Crippen molar-refractivity contribution < 1.29 is 4.79 Å². The van der Waals surface area contributed by atoms with Crippen molar-refractivity contribution >= 4 is 29.1 Å². The third-order valence-corrected chi connectivity index (χ3v) is 4.50. The highest BCUT2D eigenvalue weighted by molar-refractivity contribution is 6.52. The first-order chi connectivity index (χ1) is 9.97. The van der Waals surface area contributed by atoms with Crippen molar-refractivity contribution in [3.63, 3.8) is 0 Å². The second kappa shape index (κ2) is 5.35. The van der Waals surface area contributed by atoms with Gasteiger partial charge in [-0.15, -0.1) is 23.2 Å². The summed E-state index contributed by atoms with van der Waals surface area (Å²) in [7, 11) is 0. The number of halogens is 2. The van der Waals surface area contributed by atoms with Crippen molar-refractivity contribution in [3.05, 3.63) is 48.3 Å². The molecule has 1 saturated carbocycles. The smallest absolute Gasteiger partial charge is 0.226 e. The summed E-state index contributed by atoms with van der Waals surface area (Å²) in [5, 5.41) is 7.11. The maximum absolute atomic E-state index is 12.0. The van der Waals surface area contributed by atoms with Gasteiger partial charge in [-0.25, -0.2) is 4.68 Å². The fourth-order valence-electron chi connectivity index (χ4n) is 2.23. The van der Waals surface area contributed by atoms with Gasteiger partial charge in [0.1, 0.15) is 4.33 Å². The average molecular weight is 324 g/mol. The number of nitrogens with zero attached hydrogens (tertiary/aromatic N) is 2. The molecule has 1 aliphatic rings. The molecule has 1 N–H and O–H groups in total. The van der Waals surface area contributed by atoms with E-state index < -0.39 is 4.33 Å². The van der Waals surface area contributed by atoms with Crippen LogP contribution in [0.2, 0.25) is 0 Å². The zero-order chi connectivity index (χ0) is 15.0. The Bertz CT molecular complexity index is 637. The van der Waals surface area contributed by atoms with Gasteiger partial charge in [0.25, 0.3) is 0 Å². The molecule has 1 aliphatic carbocycles. The van der Waals surface area contributed by atoms with Gasteiger partial charge in [0.2, 0.25) is 5.91 Å². The topological polar surface area (TPSA) is 46.9 Å². The van der Waals surface area contributed by atoms with E-state index in [1.807, 2.05) is 43.5 Å². The van der Waals surface area contributed by atoms with Crippen LogP contribution >= 0.6 is 23.2 Å². The molecule has 110 valence electrons. The molecule has 1 amide bonds. The Balaban J connectivity index is 1.65. The van der Waals surface area contributed by atoms with Crippen LogP contribution in [0.15, 0.2) is 42.7 Å². The number of carbonyl (C=O) groups is 1. The van der Waals surface area contributed by atoms with Gasteiger partial charge in [0.05, 0.1) is 17.6 Å². The SMILES string of the molecule is C[C@@H](NC(=O)[C@@H]1CC1(Cl)Cl)c1ccc(-n2cccn2)cc1. The molecular weight excluding hydrogens is 309 g/mol. The number of rotatable bonds is 4. The molecule has 2 atom stereocenters. The van der Waals surface area contributed by atoms with Gasteiger partial charge in [0.15, 0.2) is 0 Å². The second-order valence-corrected chi connectivity index (χ2v) is 6.83. The molecule has 1 heterocycles. The second-order valence-electron chi connectivity index (χ2n) is 5.29. The molecule has 0 radical (unpaired) electrons. The molecule has 2 aromatic rings. The van der Waals surface area contributed by atoms with Crippen LogP contribution in [0.5, 0.6) is 0 Å². The lowest BCUT2D eigenvalue weighted by molar-refractivity contribution is -0.123. The van der Waals surface area contributed by atoms with Gasteiger partial charge in [-0.2, -0.15) is 5.10 Å². The van der Waals surface area contributed by atoms with E-state index in [-0.39, 0.29) is 17.9 Å². The molecule has 0 bridgehead atoms. The Kier molecular flexibility index (Phi) is 3.68. The fraction of sp³-hybridized carbons (Fsp3) is 0.333. The van der Waals surface area contributed by atoms with Gasteiger partial charge >= 0.3 is 0 Å². The van der Waals surface area contributed by atoms with E-state index in [2.05, 4.69) is 10.4 Å². The Morgan fingerprint density at radius 3 is 2.62 bits per heavy atom. The third-order valence-electron chi connectivity index (χ3n) is 3.66. The van der Waals surface area contributed by atoms with E-state index in [0.717, 1.165) is 11.3 Å². The summed E-state index contributed by atoms with van der Waals surface area (Å²) in [5.41, 5.74) is 2.00. The molecule has 1 aromatic carbocycles. The first-order valence-corrected chi connectivity index (χ1v) is 7.51. The molecule has 1 fully saturated rings. The molecule has 1 aromatic heterocycles. The number of alkyl halides is 2. The van der Waals surface area contributed by atoms with Gasteiger partial charge < -0.3 is 5.32 Å². The van der Waals surface area contributed by atoms with E-state index >= 15 is 0 Å². The van der Waals surface area contributed by atoms with E-state index in [4.69, 9.17) is 23.2 Å². The molecule has 4 nitrogen and oxygen atoms in total. The van der Waals surface area contributed by atoms with Gasteiger partial charge in [-0.1, -0.05) is 12.1 Å². The van der Waals surface area contributed by atoms with Crippen LogP contribution in [0, 0.1) is 5.92 Å². The minimum atomic E-state index is -0.881. The van der Waals surface area contributed by atoms with E-state index in [9.17, 15) is 4.79 Å². The van der Waals surface area contributed by atoms with Crippen molar-refractivity contribution in [2.24, 2.45) is 5.92 Å². The summed E-state index contributed by atoms with van der Waals surface area (Å²) in [4.78, 5) is 12.0. The number of aromatic nitrogens is 2. The molecule has 3 rings (SSSR count). The number of nitrogens with one attached hydrogen (secondary N) is 1. The maximum Gasteiger partial charge on any atom is 0.226 e. The molecule has 0 spiro atoms. The number of benzene rings is 1. The highest BCUT2D eigenvalue weighted by atomic mass is 35.5. The highest BCUT2D eigenvalue weighted by Crippen LogP contribution is 2.53. The van der Waals surface area contributed by atoms with Crippen LogP contribution in [0.3, 0.4) is 0 Å². The molecule has 0 aliphatic heterocycles. The van der Waals surface area contributed by atoms with Crippen LogP contribution in [0.1, 0.15) is 24.9 Å². The Morgan fingerprint density at radius 2 is 2.10 bits per heavy atom. The molecule has 21 heavy (non-hydrogen) atoms. The maximum atomic E-state index is 12.0. The van der Waals surface area contributed by atoms with Crippen molar-refractivity contribution in [2.75, 3.05) is 0 Å². The van der Waals surface area contributed by atoms with Crippen LogP contribution in [0.4, 0.5) is 0 Å². The Labute approximate surface area is 133 Å². The predicted octanol–water partition coefficient (Wildman–Crippen LogP) is 3.24. The standard InChI is InChI=1S/C15H15Cl2N3O/c1-10(19-14(21)13-9-15(13,16)17)11-3-5-12(6-4-11)20-8-2-7-18-20/h2-8,10,13H,9H2,1H3,(H,19,21)/t10-,13+/m1/s1. The van der Waals surface area contributed by atoms with Gasteiger partial charge in [-0.3, -0.25) is 4.79 Å². The van der Waals surface area contributed by atoms with Crippen molar-refractivity contribution in [1.29, 1.82) is 0 Å². The predicted molar refractivity (Wildman–Crippen MR) is 82.7 cm³/mol. The zero-order valence-electron chi connectivity index (χ0n) is 11.5. The summed E-state index contributed by atoms with van der Waals surface area (Å²) in [5.74, 6) is -0.393. The zero-order valence-corrected chi connectivity index (χ0v) is 13.0. The minimum Gasteiger partial charge on any atom is -0.349 e. The van der Waals surface area contributed by atoms with Crippen molar-refractivity contribution in [1.82, 2.24) is 15.1 Å². The summed E-state index contributed by atoms with van der Waals surface area (Å²) in [6.07, 6.45) is 4.14. The lowest BCUT2D eigenvalue weighted by atomic mass is 10.1. The number of hydrogen-bond acceptors (Lipinski definition) is 2. The van der Waals surface area contributed by atoms with Crippen LogP contribution < -0.4 is 5.32 Å². The largest absolute Gasteiger partial charge is 0.349 e. The number of amides is 1. The highest BCUT2D eigenvalue weighted by Gasteiger charge is 2.56. The number of carbonyl (C=O) groups excluding carboxylic acids is 1. The third kappa shape index (κ3) is 3.06.